The maximum Gasteiger partial charge on any atom is 0.269 e. The van der Waals surface area contributed by atoms with Crippen molar-refractivity contribution in [3.8, 4) is 11.3 Å². The van der Waals surface area contributed by atoms with Gasteiger partial charge in [-0.2, -0.15) is 5.10 Å². The van der Waals surface area contributed by atoms with E-state index in [4.69, 9.17) is 20.8 Å². The number of nitrogens with one attached hydrogen (secondary N) is 1. The number of likely N-dealkylation sites (tertiary alicyclic amines) is 1. The molecule has 1 unspecified atom stereocenters. The van der Waals surface area contributed by atoms with Crippen molar-refractivity contribution >= 4 is 17.5 Å². The predicted octanol–water partition coefficient (Wildman–Crippen LogP) is 4.59. The van der Waals surface area contributed by atoms with Gasteiger partial charge in [0.15, 0.2) is 0 Å². The molecular weight excluding hydrogens is 452 g/mol. The second kappa shape index (κ2) is 9.56. The van der Waals surface area contributed by atoms with Crippen LogP contribution in [0.25, 0.3) is 11.3 Å². The van der Waals surface area contributed by atoms with Crippen molar-refractivity contribution in [1.82, 2.24) is 20.0 Å². The number of piperidine rings is 1. The van der Waals surface area contributed by atoms with Crippen LogP contribution in [0, 0.1) is 6.92 Å². The molecule has 180 valence electrons. The Morgan fingerprint density at radius 2 is 2.03 bits per heavy atom. The van der Waals surface area contributed by atoms with Crippen molar-refractivity contribution in [2.45, 2.75) is 50.9 Å². The number of aryl methyl sites for hydroxylation is 2. The fourth-order valence-electron chi connectivity index (χ4n) is 5.13. The molecule has 2 aliphatic rings. The van der Waals surface area contributed by atoms with Gasteiger partial charge in [0.2, 0.25) is 0 Å². The van der Waals surface area contributed by atoms with Gasteiger partial charge in [0, 0.05) is 37.3 Å². The molecule has 0 radical (unpaired) electrons. The Bertz CT molecular complexity index is 1160. The van der Waals surface area contributed by atoms with Gasteiger partial charge in [-0.15, -0.1) is 0 Å². The van der Waals surface area contributed by atoms with E-state index < -0.39 is 0 Å². The van der Waals surface area contributed by atoms with E-state index in [9.17, 15) is 4.79 Å². The predicted molar refractivity (Wildman–Crippen MR) is 131 cm³/mol. The van der Waals surface area contributed by atoms with Crippen LogP contribution in [-0.4, -0.2) is 51.9 Å². The Kier molecular flexibility index (Phi) is 6.51. The van der Waals surface area contributed by atoms with E-state index in [1.54, 1.807) is 17.8 Å². The zero-order valence-corrected chi connectivity index (χ0v) is 20.5. The highest BCUT2D eigenvalue weighted by molar-refractivity contribution is 6.30. The van der Waals surface area contributed by atoms with Gasteiger partial charge in [0.1, 0.15) is 17.2 Å². The number of furan rings is 1. The van der Waals surface area contributed by atoms with E-state index in [-0.39, 0.29) is 17.6 Å². The average molecular weight is 483 g/mol. The third kappa shape index (κ3) is 5.06. The largest absolute Gasteiger partial charge is 0.460 e. The topological polar surface area (TPSA) is 72.5 Å². The standard InChI is InChI=1S/C26H31ClN4O3/c1-18-14-23(30(2)29-18)25(32)28-16-21-8-9-26(34-21)10-12-31(13-11-26)17-22-6-7-24(33-22)19-4-3-5-20(27)15-19/h3-7,14-15,21H,8-13,16-17H2,1-2H3,(H,28,32). The number of amides is 1. The summed E-state index contributed by atoms with van der Waals surface area (Å²) < 4.78 is 14.2. The number of hydrogen-bond donors (Lipinski definition) is 1. The summed E-state index contributed by atoms with van der Waals surface area (Å²) in [6, 6.07) is 13.6. The number of aromatic nitrogens is 2. The third-order valence-corrected chi connectivity index (χ3v) is 7.22. The first-order chi connectivity index (χ1) is 16.4. The Balaban J connectivity index is 1.09. The van der Waals surface area contributed by atoms with Crippen LogP contribution in [0.1, 0.15) is 47.6 Å². The minimum absolute atomic E-state index is 0.0650. The number of benzene rings is 1. The van der Waals surface area contributed by atoms with Gasteiger partial charge in [-0.1, -0.05) is 23.7 Å². The Morgan fingerprint density at radius 1 is 1.21 bits per heavy atom. The number of nitrogens with zero attached hydrogens (tertiary/aromatic N) is 3. The third-order valence-electron chi connectivity index (χ3n) is 6.98. The summed E-state index contributed by atoms with van der Waals surface area (Å²) in [6.07, 6.45) is 4.09. The quantitative estimate of drug-likeness (QED) is 0.556. The molecule has 0 bridgehead atoms. The van der Waals surface area contributed by atoms with Gasteiger partial charge in [-0.3, -0.25) is 14.4 Å². The molecule has 8 heteroatoms. The molecular formula is C26H31ClN4O3. The van der Waals surface area contributed by atoms with E-state index in [1.165, 1.54) is 0 Å². The fraction of sp³-hybridized carbons (Fsp3) is 0.462. The summed E-state index contributed by atoms with van der Waals surface area (Å²) in [5.41, 5.74) is 2.34. The van der Waals surface area contributed by atoms with Crippen LogP contribution in [0.4, 0.5) is 0 Å². The maximum absolute atomic E-state index is 12.5. The molecule has 1 N–H and O–H groups in total. The molecule has 2 aromatic heterocycles. The lowest BCUT2D eigenvalue weighted by atomic mass is 9.88. The first-order valence-corrected chi connectivity index (χ1v) is 12.3. The molecule has 1 amide bonds. The molecule has 34 heavy (non-hydrogen) atoms. The molecule has 3 aromatic rings. The lowest BCUT2D eigenvalue weighted by Gasteiger charge is -2.39. The molecule has 0 aliphatic carbocycles. The SMILES string of the molecule is Cc1cc(C(=O)NCC2CCC3(CCN(Cc4ccc(-c5cccc(Cl)c5)o4)CC3)O2)n(C)n1. The van der Waals surface area contributed by atoms with Crippen LogP contribution < -0.4 is 5.32 Å². The van der Waals surface area contributed by atoms with E-state index >= 15 is 0 Å². The van der Waals surface area contributed by atoms with Crippen LogP contribution in [0.2, 0.25) is 5.02 Å². The second-order valence-corrected chi connectivity index (χ2v) is 9.96. The van der Waals surface area contributed by atoms with Crippen molar-refractivity contribution in [3.63, 3.8) is 0 Å². The number of carbonyl (C=O) groups is 1. The van der Waals surface area contributed by atoms with Crippen LogP contribution in [0.5, 0.6) is 0 Å². The molecule has 2 saturated heterocycles. The molecule has 7 nitrogen and oxygen atoms in total. The number of carbonyl (C=O) groups excluding carboxylic acids is 1. The Morgan fingerprint density at radius 3 is 2.76 bits per heavy atom. The van der Waals surface area contributed by atoms with E-state index in [1.807, 2.05) is 37.3 Å². The zero-order valence-electron chi connectivity index (χ0n) is 19.7. The minimum atomic E-state index is -0.0990. The Labute approximate surface area is 205 Å². The van der Waals surface area contributed by atoms with Crippen LogP contribution >= 0.6 is 11.6 Å². The lowest BCUT2D eigenvalue weighted by Crippen LogP contribution is -2.44. The summed E-state index contributed by atoms with van der Waals surface area (Å²) in [5.74, 6) is 1.71. The molecule has 2 aliphatic heterocycles. The molecule has 1 spiro atoms. The van der Waals surface area contributed by atoms with Crippen molar-refractivity contribution in [2.24, 2.45) is 7.05 Å². The number of halogens is 1. The number of rotatable bonds is 6. The van der Waals surface area contributed by atoms with E-state index in [0.29, 0.717) is 17.3 Å². The summed E-state index contributed by atoms with van der Waals surface area (Å²) in [5, 5.41) is 7.97. The van der Waals surface area contributed by atoms with Gasteiger partial charge >= 0.3 is 0 Å². The van der Waals surface area contributed by atoms with Gasteiger partial charge in [0.05, 0.1) is 23.9 Å². The first-order valence-electron chi connectivity index (χ1n) is 11.9. The minimum Gasteiger partial charge on any atom is -0.460 e. The van der Waals surface area contributed by atoms with E-state index in [2.05, 4.69) is 21.4 Å². The van der Waals surface area contributed by atoms with Crippen LogP contribution in [0.3, 0.4) is 0 Å². The van der Waals surface area contributed by atoms with Crippen molar-refractivity contribution in [1.29, 1.82) is 0 Å². The summed E-state index contributed by atoms with van der Waals surface area (Å²) in [7, 11) is 1.79. The van der Waals surface area contributed by atoms with E-state index in [0.717, 1.165) is 68.1 Å². The lowest BCUT2D eigenvalue weighted by molar-refractivity contribution is -0.0770. The monoisotopic (exact) mass is 482 g/mol. The number of hydrogen-bond acceptors (Lipinski definition) is 5. The molecule has 1 aromatic carbocycles. The van der Waals surface area contributed by atoms with Crippen molar-refractivity contribution in [2.75, 3.05) is 19.6 Å². The molecule has 5 rings (SSSR count). The summed E-state index contributed by atoms with van der Waals surface area (Å²) >= 11 is 6.11. The fourth-order valence-corrected chi connectivity index (χ4v) is 5.32. The summed E-state index contributed by atoms with van der Waals surface area (Å²) in [6.45, 7) is 5.16. The van der Waals surface area contributed by atoms with Gasteiger partial charge in [-0.05, 0) is 62.9 Å². The smallest absolute Gasteiger partial charge is 0.269 e. The van der Waals surface area contributed by atoms with Crippen LogP contribution in [-0.2, 0) is 18.3 Å². The first kappa shape index (κ1) is 23.1. The second-order valence-electron chi connectivity index (χ2n) is 9.52. The highest BCUT2D eigenvalue weighted by Crippen LogP contribution is 2.39. The highest BCUT2D eigenvalue weighted by Gasteiger charge is 2.42. The molecule has 2 fully saturated rings. The van der Waals surface area contributed by atoms with Gasteiger partial charge in [0.25, 0.3) is 5.91 Å². The molecule has 0 saturated carbocycles. The molecule has 1 atom stereocenters. The number of ether oxygens (including phenoxy) is 1. The average Bonchev–Trinajstić information content (AvgIpc) is 3.53. The maximum atomic E-state index is 12.5. The van der Waals surface area contributed by atoms with Gasteiger partial charge in [-0.25, -0.2) is 0 Å². The zero-order chi connectivity index (χ0) is 23.7. The van der Waals surface area contributed by atoms with Gasteiger partial charge < -0.3 is 14.5 Å². The highest BCUT2D eigenvalue weighted by atomic mass is 35.5. The van der Waals surface area contributed by atoms with Crippen molar-refractivity contribution in [3.05, 3.63) is 64.6 Å². The summed E-state index contributed by atoms with van der Waals surface area (Å²) in [4.78, 5) is 14.9. The molecule has 4 heterocycles. The Hall–Kier alpha value is -2.61. The normalized spacial score (nSPS) is 20.1. The van der Waals surface area contributed by atoms with Crippen molar-refractivity contribution < 1.29 is 13.9 Å². The van der Waals surface area contributed by atoms with Crippen LogP contribution in [0.15, 0.2) is 46.9 Å².